The molecule has 1 rings (SSSR count). The van der Waals surface area contributed by atoms with Crippen molar-refractivity contribution in [3.8, 4) is 0 Å². The average molecular weight is 334 g/mol. The Labute approximate surface area is 123 Å². The minimum absolute atomic E-state index is 0. The van der Waals surface area contributed by atoms with Gasteiger partial charge in [-0.05, 0) is 18.6 Å². The molecule has 21 heavy (non-hydrogen) atoms. The lowest BCUT2D eigenvalue weighted by Gasteiger charge is -2.24. The summed E-state index contributed by atoms with van der Waals surface area (Å²) in [6.45, 7) is 0.964. The number of carbonyl (C=O) groups is 1. The summed E-state index contributed by atoms with van der Waals surface area (Å²) >= 11 is 0. The monoisotopic (exact) mass is 333 g/mol. The van der Waals surface area contributed by atoms with Gasteiger partial charge in [-0.25, -0.2) is 4.79 Å². The smallest absolute Gasteiger partial charge is 0.416 e. The molecule has 1 atom stereocenters. The third-order valence-electron chi connectivity index (χ3n) is 2.54. The fraction of sp³-hybridized carbons (Fsp3) is 0.417. The number of carbonyl (C=O) groups excluding carboxylic acids is 1. The molecule has 0 saturated heterocycles. The van der Waals surface area contributed by atoms with Gasteiger partial charge in [-0.15, -0.1) is 12.4 Å². The number of rotatable bonds is 4. The van der Waals surface area contributed by atoms with Gasteiger partial charge in [0.15, 0.2) is 0 Å². The van der Waals surface area contributed by atoms with Gasteiger partial charge in [-0.2, -0.15) is 22.0 Å². The lowest BCUT2D eigenvalue weighted by atomic mass is 9.96. The summed E-state index contributed by atoms with van der Waals surface area (Å²) in [5, 5.41) is 0. The Morgan fingerprint density at radius 2 is 1.76 bits per heavy atom. The fourth-order valence-corrected chi connectivity index (χ4v) is 1.58. The summed E-state index contributed by atoms with van der Waals surface area (Å²) in [4.78, 5) is 11.1. The highest BCUT2D eigenvalue weighted by atomic mass is 35.5. The Kier molecular flexibility index (Phi) is 6.56. The van der Waals surface area contributed by atoms with Crippen LogP contribution in [-0.4, -0.2) is 18.5 Å². The molecular weight excluding hydrogens is 321 g/mol. The number of hydrogen-bond donors (Lipinski definition) is 1. The van der Waals surface area contributed by atoms with Crippen molar-refractivity contribution in [2.45, 2.75) is 25.1 Å². The van der Waals surface area contributed by atoms with Crippen LogP contribution in [-0.2, 0) is 15.7 Å². The first-order chi connectivity index (χ1) is 9.12. The van der Waals surface area contributed by atoms with Gasteiger partial charge < -0.3 is 10.5 Å². The lowest BCUT2D eigenvalue weighted by Crippen LogP contribution is -2.42. The van der Waals surface area contributed by atoms with E-state index in [2.05, 4.69) is 4.74 Å². The predicted molar refractivity (Wildman–Crippen MR) is 67.2 cm³/mol. The molecule has 0 aliphatic heterocycles. The summed E-state index contributed by atoms with van der Waals surface area (Å²) in [5.74, 6) is -6.21. The van der Waals surface area contributed by atoms with Crippen LogP contribution in [0, 0.1) is 0 Å². The summed E-state index contributed by atoms with van der Waals surface area (Å²) in [6.07, 6.45) is -4.85. The average Bonchev–Trinajstić information content (AvgIpc) is 2.37. The molecule has 120 valence electrons. The fourth-order valence-electron chi connectivity index (χ4n) is 1.58. The molecule has 1 aromatic rings. The molecule has 0 aliphatic rings. The molecule has 0 aromatic heterocycles. The number of nitrogens with two attached hydrogens (primary N) is 1. The van der Waals surface area contributed by atoms with Crippen LogP contribution in [0.25, 0.3) is 0 Å². The summed E-state index contributed by atoms with van der Waals surface area (Å²) in [7, 11) is 0. The van der Waals surface area contributed by atoms with Crippen LogP contribution >= 0.6 is 12.4 Å². The Hall–Kier alpha value is -1.41. The van der Waals surface area contributed by atoms with Crippen LogP contribution in [0.15, 0.2) is 24.3 Å². The van der Waals surface area contributed by atoms with Crippen molar-refractivity contribution in [1.82, 2.24) is 0 Å². The van der Waals surface area contributed by atoms with Crippen molar-refractivity contribution < 1.29 is 31.5 Å². The zero-order valence-electron chi connectivity index (χ0n) is 10.8. The Morgan fingerprint density at radius 1 is 1.24 bits per heavy atom. The number of ether oxygens (including phenoxy) is 1. The van der Waals surface area contributed by atoms with E-state index in [4.69, 9.17) is 5.73 Å². The van der Waals surface area contributed by atoms with E-state index in [0.29, 0.717) is 6.07 Å². The molecule has 0 radical (unpaired) electrons. The second kappa shape index (κ2) is 7.04. The van der Waals surface area contributed by atoms with Crippen LogP contribution in [0.4, 0.5) is 22.0 Å². The van der Waals surface area contributed by atoms with E-state index in [1.807, 2.05) is 0 Å². The number of benzene rings is 1. The van der Waals surface area contributed by atoms with Gasteiger partial charge in [0.05, 0.1) is 12.2 Å². The highest BCUT2D eigenvalue weighted by molar-refractivity contribution is 5.85. The number of esters is 1. The van der Waals surface area contributed by atoms with Crippen molar-refractivity contribution in [2.24, 2.45) is 5.73 Å². The van der Waals surface area contributed by atoms with E-state index in [9.17, 15) is 26.7 Å². The molecule has 2 N–H and O–H groups in total. The standard InChI is InChI=1S/C12H12F5NO2.ClH/c1-2-20-10(19)11(13,14)9(18)7-5-3-4-6-8(7)12(15,16)17;/h3-6,9H,2,18H2,1H3;1H/t9-;/m1./s1. The lowest BCUT2D eigenvalue weighted by molar-refractivity contribution is -0.175. The van der Waals surface area contributed by atoms with Gasteiger partial charge >= 0.3 is 18.1 Å². The maximum Gasteiger partial charge on any atom is 0.416 e. The van der Waals surface area contributed by atoms with E-state index in [-0.39, 0.29) is 19.0 Å². The largest absolute Gasteiger partial charge is 0.462 e. The zero-order valence-corrected chi connectivity index (χ0v) is 11.6. The predicted octanol–water partition coefficient (Wildman–Crippen LogP) is 3.33. The van der Waals surface area contributed by atoms with E-state index >= 15 is 0 Å². The van der Waals surface area contributed by atoms with E-state index in [1.165, 1.54) is 6.92 Å². The summed E-state index contributed by atoms with van der Waals surface area (Å²) < 4.78 is 69.7. The second-order valence-electron chi connectivity index (χ2n) is 3.91. The molecule has 0 spiro atoms. The minimum Gasteiger partial charge on any atom is -0.462 e. The van der Waals surface area contributed by atoms with Gasteiger partial charge in [0, 0.05) is 0 Å². The van der Waals surface area contributed by atoms with Gasteiger partial charge in [0.25, 0.3) is 0 Å². The van der Waals surface area contributed by atoms with Crippen molar-refractivity contribution in [3.63, 3.8) is 0 Å². The van der Waals surface area contributed by atoms with E-state index in [0.717, 1.165) is 18.2 Å². The Balaban J connectivity index is 0.00000400. The van der Waals surface area contributed by atoms with Crippen LogP contribution in [0.1, 0.15) is 24.1 Å². The molecule has 0 fully saturated rings. The molecule has 0 saturated carbocycles. The SMILES string of the molecule is CCOC(=O)C(F)(F)[C@H](N)c1ccccc1C(F)(F)F.Cl. The Morgan fingerprint density at radius 3 is 2.24 bits per heavy atom. The maximum atomic E-state index is 13.7. The summed E-state index contributed by atoms with van der Waals surface area (Å²) in [5.41, 5.74) is 2.98. The number of halogens is 6. The normalized spacial score (nSPS) is 13.3. The quantitative estimate of drug-likeness (QED) is 0.679. The first-order valence-electron chi connectivity index (χ1n) is 5.59. The highest BCUT2D eigenvalue weighted by Crippen LogP contribution is 2.38. The van der Waals surface area contributed by atoms with E-state index in [1.54, 1.807) is 0 Å². The summed E-state index contributed by atoms with van der Waals surface area (Å²) in [6, 6.07) is 1.16. The van der Waals surface area contributed by atoms with Gasteiger partial charge in [-0.1, -0.05) is 18.2 Å². The van der Waals surface area contributed by atoms with Crippen LogP contribution < -0.4 is 5.73 Å². The molecule has 9 heteroatoms. The minimum atomic E-state index is -4.85. The molecule has 0 amide bonds. The third-order valence-corrected chi connectivity index (χ3v) is 2.54. The Bertz CT molecular complexity index is 493. The molecule has 0 bridgehead atoms. The molecule has 0 unspecified atom stereocenters. The second-order valence-corrected chi connectivity index (χ2v) is 3.91. The highest BCUT2D eigenvalue weighted by Gasteiger charge is 2.50. The maximum absolute atomic E-state index is 13.7. The number of hydrogen-bond acceptors (Lipinski definition) is 3. The van der Waals surface area contributed by atoms with Crippen molar-refractivity contribution in [2.75, 3.05) is 6.61 Å². The van der Waals surface area contributed by atoms with Crippen molar-refractivity contribution in [1.29, 1.82) is 0 Å². The molecule has 0 heterocycles. The van der Waals surface area contributed by atoms with Gasteiger partial charge in [-0.3, -0.25) is 0 Å². The topological polar surface area (TPSA) is 52.3 Å². The zero-order chi connectivity index (χ0) is 15.6. The van der Waals surface area contributed by atoms with Crippen molar-refractivity contribution >= 4 is 18.4 Å². The van der Waals surface area contributed by atoms with Gasteiger partial charge in [0.2, 0.25) is 0 Å². The third kappa shape index (κ3) is 4.28. The first-order valence-corrected chi connectivity index (χ1v) is 5.59. The van der Waals surface area contributed by atoms with Crippen LogP contribution in [0.5, 0.6) is 0 Å². The van der Waals surface area contributed by atoms with E-state index < -0.39 is 35.2 Å². The van der Waals surface area contributed by atoms with Crippen LogP contribution in [0.2, 0.25) is 0 Å². The molecule has 3 nitrogen and oxygen atoms in total. The molecule has 1 aromatic carbocycles. The van der Waals surface area contributed by atoms with Gasteiger partial charge in [0.1, 0.15) is 6.04 Å². The van der Waals surface area contributed by atoms with Crippen LogP contribution in [0.3, 0.4) is 0 Å². The molecule has 0 aliphatic carbocycles. The van der Waals surface area contributed by atoms with Crippen molar-refractivity contribution in [3.05, 3.63) is 35.4 Å². The number of alkyl halides is 5. The first kappa shape index (κ1) is 19.6. The molecular formula is C12H13ClF5NO2.